The van der Waals surface area contributed by atoms with Crippen LogP contribution in [0.15, 0.2) is 0 Å². The lowest BCUT2D eigenvalue weighted by Gasteiger charge is -2.37. The molecule has 9 heteroatoms. The maximum Gasteiger partial charge on any atom is 0.445 e. The predicted molar refractivity (Wildman–Crippen MR) is 57.3 cm³/mol. The van der Waals surface area contributed by atoms with E-state index in [0.29, 0.717) is 24.2 Å². The molecule has 1 aromatic rings. The Morgan fingerprint density at radius 1 is 1.44 bits per heavy atom. The fraction of sp³-hybridized carbons (Fsp3) is 0.667. The number of rotatable bonds is 4. The van der Waals surface area contributed by atoms with Crippen LogP contribution in [0.3, 0.4) is 0 Å². The van der Waals surface area contributed by atoms with Gasteiger partial charge in [-0.15, -0.1) is 10.2 Å². The number of halogens is 3. The number of alkyl halides is 3. The molecule has 1 aliphatic rings. The van der Waals surface area contributed by atoms with Crippen LogP contribution >= 0.6 is 11.3 Å². The molecule has 1 saturated carbocycles. The van der Waals surface area contributed by atoms with Crippen LogP contribution < -0.4 is 5.32 Å². The largest absolute Gasteiger partial charge is 0.481 e. The Labute approximate surface area is 104 Å². The van der Waals surface area contributed by atoms with Crippen molar-refractivity contribution in [1.82, 2.24) is 10.2 Å². The van der Waals surface area contributed by atoms with Crippen molar-refractivity contribution >= 4 is 22.4 Å². The number of hydrogen-bond donors (Lipinski definition) is 2. The fourth-order valence-electron chi connectivity index (χ4n) is 1.72. The molecule has 0 unspecified atom stereocenters. The van der Waals surface area contributed by atoms with E-state index in [4.69, 9.17) is 5.11 Å². The van der Waals surface area contributed by atoms with E-state index in [9.17, 15) is 18.0 Å². The molecule has 0 aliphatic heterocycles. The highest BCUT2D eigenvalue weighted by Crippen LogP contribution is 2.41. The maximum atomic E-state index is 12.3. The monoisotopic (exact) mass is 281 g/mol. The second kappa shape index (κ2) is 4.38. The number of aromatic nitrogens is 2. The van der Waals surface area contributed by atoms with Gasteiger partial charge in [0, 0.05) is 6.54 Å². The van der Waals surface area contributed by atoms with Crippen LogP contribution in [-0.4, -0.2) is 27.8 Å². The fourth-order valence-corrected chi connectivity index (χ4v) is 2.33. The van der Waals surface area contributed by atoms with Gasteiger partial charge in [0.05, 0.1) is 5.41 Å². The predicted octanol–water partition coefficient (Wildman–Crippen LogP) is 2.22. The highest BCUT2D eigenvalue weighted by Gasteiger charge is 2.44. The van der Waals surface area contributed by atoms with Gasteiger partial charge in [0.15, 0.2) is 0 Å². The van der Waals surface area contributed by atoms with Crippen LogP contribution in [0.1, 0.15) is 24.3 Å². The first-order valence-corrected chi connectivity index (χ1v) is 6.03. The normalized spacial score (nSPS) is 18.2. The SMILES string of the molecule is O=C(O)C1(CNc2nnc(C(F)(F)F)s2)CCC1. The van der Waals surface area contributed by atoms with Gasteiger partial charge in [-0.25, -0.2) is 0 Å². The van der Waals surface area contributed by atoms with Crippen LogP contribution in [0.5, 0.6) is 0 Å². The van der Waals surface area contributed by atoms with Gasteiger partial charge in [0.2, 0.25) is 10.1 Å². The first-order chi connectivity index (χ1) is 8.33. The van der Waals surface area contributed by atoms with E-state index in [2.05, 4.69) is 15.5 Å². The summed E-state index contributed by atoms with van der Waals surface area (Å²) in [5.41, 5.74) is -0.871. The number of nitrogens with one attached hydrogen (secondary N) is 1. The van der Waals surface area contributed by atoms with Crippen molar-refractivity contribution in [3.63, 3.8) is 0 Å². The molecule has 0 saturated heterocycles. The molecule has 0 bridgehead atoms. The number of carboxylic acids is 1. The molecule has 1 aliphatic carbocycles. The third-order valence-electron chi connectivity index (χ3n) is 3.01. The number of aliphatic carboxylic acids is 1. The Balaban J connectivity index is 1.98. The van der Waals surface area contributed by atoms with Gasteiger partial charge in [0.25, 0.3) is 0 Å². The van der Waals surface area contributed by atoms with Gasteiger partial charge in [-0.2, -0.15) is 13.2 Å². The van der Waals surface area contributed by atoms with E-state index in [1.54, 1.807) is 0 Å². The van der Waals surface area contributed by atoms with E-state index in [1.807, 2.05) is 0 Å². The summed E-state index contributed by atoms with van der Waals surface area (Å²) in [5.74, 6) is -0.929. The lowest BCUT2D eigenvalue weighted by molar-refractivity contribution is -0.153. The van der Waals surface area contributed by atoms with Crippen LogP contribution in [0.4, 0.5) is 18.3 Å². The summed E-state index contributed by atoms with van der Waals surface area (Å²) in [7, 11) is 0. The summed E-state index contributed by atoms with van der Waals surface area (Å²) in [5, 5.41) is 17.0. The van der Waals surface area contributed by atoms with Crippen molar-refractivity contribution in [3.8, 4) is 0 Å². The molecule has 0 amide bonds. The summed E-state index contributed by atoms with van der Waals surface area (Å²) >= 11 is 0.376. The van der Waals surface area contributed by atoms with E-state index >= 15 is 0 Å². The number of carboxylic acid groups (broad SMARTS) is 1. The van der Waals surface area contributed by atoms with E-state index < -0.39 is 22.6 Å². The van der Waals surface area contributed by atoms with Crippen LogP contribution in [-0.2, 0) is 11.0 Å². The zero-order chi connectivity index (χ0) is 13.4. The first kappa shape index (κ1) is 13.1. The summed E-state index contributed by atoms with van der Waals surface area (Å²) in [6.07, 6.45) is -2.64. The van der Waals surface area contributed by atoms with Crippen molar-refractivity contribution in [2.24, 2.45) is 5.41 Å². The Morgan fingerprint density at radius 3 is 2.50 bits per heavy atom. The van der Waals surface area contributed by atoms with Crippen LogP contribution in [0, 0.1) is 5.41 Å². The van der Waals surface area contributed by atoms with Crippen LogP contribution in [0.2, 0.25) is 0 Å². The summed E-state index contributed by atoms with van der Waals surface area (Å²) in [6.45, 7) is 0.0782. The molecule has 0 radical (unpaired) electrons. The molecule has 2 N–H and O–H groups in total. The number of nitrogens with zero attached hydrogens (tertiary/aromatic N) is 2. The van der Waals surface area contributed by atoms with E-state index in [0.717, 1.165) is 6.42 Å². The molecule has 0 spiro atoms. The molecule has 18 heavy (non-hydrogen) atoms. The Hall–Kier alpha value is -1.38. The summed E-state index contributed by atoms with van der Waals surface area (Å²) in [4.78, 5) is 11.0. The Kier molecular flexibility index (Phi) is 3.18. The Morgan fingerprint density at radius 2 is 2.11 bits per heavy atom. The second-order valence-corrected chi connectivity index (χ2v) is 5.18. The third kappa shape index (κ3) is 2.40. The van der Waals surface area contributed by atoms with Gasteiger partial charge >= 0.3 is 12.1 Å². The minimum Gasteiger partial charge on any atom is -0.481 e. The standard InChI is InChI=1S/C9H10F3N3O2S/c10-9(11,12)5-14-15-7(18-5)13-4-8(6(16)17)2-1-3-8/h1-4H2,(H,13,15)(H,16,17). The van der Waals surface area contributed by atoms with Crippen molar-refractivity contribution in [3.05, 3.63) is 5.01 Å². The lowest BCUT2D eigenvalue weighted by atomic mass is 9.69. The molecule has 2 rings (SSSR count). The summed E-state index contributed by atoms with van der Waals surface area (Å²) in [6, 6.07) is 0. The average Bonchev–Trinajstić information content (AvgIpc) is 2.63. The number of carbonyl (C=O) groups is 1. The highest BCUT2D eigenvalue weighted by atomic mass is 32.1. The maximum absolute atomic E-state index is 12.3. The van der Waals surface area contributed by atoms with Crippen molar-refractivity contribution in [2.45, 2.75) is 25.4 Å². The Bertz CT molecular complexity index is 456. The first-order valence-electron chi connectivity index (χ1n) is 5.21. The molecule has 1 aromatic heterocycles. The van der Waals surface area contributed by atoms with Crippen LogP contribution in [0.25, 0.3) is 0 Å². The molecule has 5 nitrogen and oxygen atoms in total. The quantitative estimate of drug-likeness (QED) is 0.885. The van der Waals surface area contributed by atoms with Gasteiger partial charge in [-0.1, -0.05) is 17.8 Å². The minimum atomic E-state index is -4.52. The number of anilines is 1. The minimum absolute atomic E-state index is 0.00477. The number of hydrogen-bond acceptors (Lipinski definition) is 5. The molecule has 1 fully saturated rings. The van der Waals surface area contributed by atoms with E-state index in [1.165, 1.54) is 0 Å². The smallest absolute Gasteiger partial charge is 0.445 e. The van der Waals surface area contributed by atoms with Gasteiger partial charge < -0.3 is 10.4 Å². The zero-order valence-corrected chi connectivity index (χ0v) is 9.94. The lowest BCUT2D eigenvalue weighted by Crippen LogP contribution is -2.43. The highest BCUT2D eigenvalue weighted by molar-refractivity contribution is 7.15. The molecular formula is C9H10F3N3O2S. The molecular weight excluding hydrogens is 271 g/mol. The van der Waals surface area contributed by atoms with E-state index in [-0.39, 0.29) is 11.7 Å². The zero-order valence-electron chi connectivity index (χ0n) is 9.12. The third-order valence-corrected chi connectivity index (χ3v) is 3.94. The van der Waals surface area contributed by atoms with Crippen molar-refractivity contribution < 1.29 is 23.1 Å². The van der Waals surface area contributed by atoms with Gasteiger partial charge in [-0.05, 0) is 12.8 Å². The molecule has 1 heterocycles. The van der Waals surface area contributed by atoms with Gasteiger partial charge in [0.1, 0.15) is 0 Å². The topological polar surface area (TPSA) is 75.1 Å². The molecule has 0 atom stereocenters. The van der Waals surface area contributed by atoms with Crippen molar-refractivity contribution in [2.75, 3.05) is 11.9 Å². The molecule has 100 valence electrons. The van der Waals surface area contributed by atoms with Crippen molar-refractivity contribution in [1.29, 1.82) is 0 Å². The van der Waals surface area contributed by atoms with Gasteiger partial charge in [-0.3, -0.25) is 4.79 Å². The molecule has 0 aromatic carbocycles. The second-order valence-electron chi connectivity index (χ2n) is 4.20. The average molecular weight is 281 g/mol. The summed E-state index contributed by atoms with van der Waals surface area (Å²) < 4.78 is 36.8.